The van der Waals surface area contributed by atoms with Gasteiger partial charge in [-0.3, -0.25) is 19.3 Å². The van der Waals surface area contributed by atoms with E-state index >= 15 is 0 Å². The molecule has 0 bridgehead atoms. The topological polar surface area (TPSA) is 126 Å². The van der Waals surface area contributed by atoms with Gasteiger partial charge in [0.15, 0.2) is 17.3 Å². The van der Waals surface area contributed by atoms with E-state index < -0.39 is 0 Å². The van der Waals surface area contributed by atoms with Gasteiger partial charge in [0.05, 0.1) is 27.3 Å². The Bertz CT molecular complexity index is 967. The Labute approximate surface area is 185 Å². The fraction of sp³-hybridized carbons (Fsp3) is 0.429. The van der Waals surface area contributed by atoms with E-state index in [2.05, 4.69) is 15.8 Å². The molecule has 11 nitrogen and oxygen atoms in total. The molecular formula is C21H27N5O6. The highest BCUT2D eigenvalue weighted by atomic mass is 16.5. The number of benzene rings is 1. The SMILES string of the molecule is COc1ccc(C(=O)NCC(=O)N2CCN(CC(=O)Nc3cc(C)on3)CC2)cc1OC. The minimum Gasteiger partial charge on any atom is -0.493 e. The Hall–Kier alpha value is -3.60. The molecule has 11 heteroatoms. The van der Waals surface area contributed by atoms with Gasteiger partial charge in [-0.15, -0.1) is 0 Å². The van der Waals surface area contributed by atoms with Crippen LogP contribution in [0, 0.1) is 6.92 Å². The zero-order chi connectivity index (χ0) is 23.1. The highest BCUT2D eigenvalue weighted by Crippen LogP contribution is 2.27. The lowest BCUT2D eigenvalue weighted by Crippen LogP contribution is -2.52. The van der Waals surface area contributed by atoms with E-state index in [1.165, 1.54) is 14.2 Å². The Balaban J connectivity index is 1.41. The molecule has 1 aromatic carbocycles. The van der Waals surface area contributed by atoms with Crippen LogP contribution in [0.15, 0.2) is 28.8 Å². The quantitative estimate of drug-likeness (QED) is 0.602. The fourth-order valence-electron chi connectivity index (χ4n) is 3.31. The summed E-state index contributed by atoms with van der Waals surface area (Å²) in [7, 11) is 3.00. The lowest BCUT2D eigenvalue weighted by molar-refractivity contribution is -0.132. The molecule has 0 spiro atoms. The highest BCUT2D eigenvalue weighted by Gasteiger charge is 2.23. The van der Waals surface area contributed by atoms with Crippen molar-refractivity contribution in [3.8, 4) is 11.5 Å². The summed E-state index contributed by atoms with van der Waals surface area (Å²) >= 11 is 0. The first kappa shape index (κ1) is 23.1. The van der Waals surface area contributed by atoms with Gasteiger partial charge in [0.2, 0.25) is 11.8 Å². The number of rotatable bonds is 8. The number of methoxy groups -OCH3 is 2. The van der Waals surface area contributed by atoms with Crippen molar-refractivity contribution < 1.29 is 28.4 Å². The Morgan fingerprint density at radius 1 is 1.06 bits per heavy atom. The van der Waals surface area contributed by atoms with E-state index in [1.54, 1.807) is 36.1 Å². The van der Waals surface area contributed by atoms with Gasteiger partial charge in [0.1, 0.15) is 5.76 Å². The fourth-order valence-corrected chi connectivity index (χ4v) is 3.31. The third-order valence-corrected chi connectivity index (χ3v) is 5.03. The molecule has 0 aliphatic carbocycles. The molecule has 3 amide bonds. The van der Waals surface area contributed by atoms with Crippen LogP contribution in [0.25, 0.3) is 0 Å². The molecule has 0 atom stereocenters. The van der Waals surface area contributed by atoms with Crippen molar-refractivity contribution in [1.29, 1.82) is 0 Å². The number of aromatic nitrogens is 1. The zero-order valence-corrected chi connectivity index (χ0v) is 18.3. The summed E-state index contributed by atoms with van der Waals surface area (Å²) in [5.41, 5.74) is 0.369. The number of carbonyl (C=O) groups is 3. The minimum absolute atomic E-state index is 0.112. The Morgan fingerprint density at radius 3 is 2.41 bits per heavy atom. The van der Waals surface area contributed by atoms with E-state index in [-0.39, 0.29) is 30.8 Å². The van der Waals surface area contributed by atoms with Crippen LogP contribution in [-0.2, 0) is 9.59 Å². The lowest BCUT2D eigenvalue weighted by atomic mass is 10.2. The van der Waals surface area contributed by atoms with Gasteiger partial charge in [-0.2, -0.15) is 0 Å². The van der Waals surface area contributed by atoms with Gasteiger partial charge in [-0.1, -0.05) is 5.16 Å². The maximum atomic E-state index is 12.5. The lowest BCUT2D eigenvalue weighted by Gasteiger charge is -2.34. The van der Waals surface area contributed by atoms with Crippen molar-refractivity contribution in [1.82, 2.24) is 20.3 Å². The van der Waals surface area contributed by atoms with Crippen LogP contribution >= 0.6 is 0 Å². The number of hydrogen-bond acceptors (Lipinski definition) is 8. The molecule has 172 valence electrons. The first-order valence-electron chi connectivity index (χ1n) is 10.1. The predicted octanol–water partition coefficient (Wildman–Crippen LogP) is 0.513. The largest absolute Gasteiger partial charge is 0.493 e. The maximum Gasteiger partial charge on any atom is 0.251 e. The normalized spacial score (nSPS) is 14.0. The van der Waals surface area contributed by atoms with Gasteiger partial charge in [-0.25, -0.2) is 0 Å². The van der Waals surface area contributed by atoms with Crippen LogP contribution in [-0.4, -0.2) is 86.2 Å². The van der Waals surface area contributed by atoms with Crippen molar-refractivity contribution in [2.45, 2.75) is 6.92 Å². The minimum atomic E-state index is -0.377. The Morgan fingerprint density at radius 2 is 1.78 bits per heavy atom. The summed E-state index contributed by atoms with van der Waals surface area (Å²) in [6, 6.07) is 6.44. The third-order valence-electron chi connectivity index (χ3n) is 5.03. The van der Waals surface area contributed by atoms with E-state index in [9.17, 15) is 14.4 Å². The molecule has 1 saturated heterocycles. The number of ether oxygens (including phenoxy) is 2. The zero-order valence-electron chi connectivity index (χ0n) is 18.3. The summed E-state index contributed by atoms with van der Waals surface area (Å²) in [6.07, 6.45) is 0. The van der Waals surface area contributed by atoms with Crippen LogP contribution in [0.2, 0.25) is 0 Å². The van der Waals surface area contributed by atoms with E-state index in [0.717, 1.165) is 0 Å². The summed E-state index contributed by atoms with van der Waals surface area (Å²) in [6.45, 7) is 3.89. The summed E-state index contributed by atoms with van der Waals surface area (Å²) in [5, 5.41) is 9.05. The highest BCUT2D eigenvalue weighted by molar-refractivity contribution is 5.97. The number of anilines is 1. The number of carbonyl (C=O) groups excluding carboxylic acids is 3. The maximum absolute atomic E-state index is 12.5. The van der Waals surface area contributed by atoms with Crippen LogP contribution < -0.4 is 20.1 Å². The van der Waals surface area contributed by atoms with E-state index in [1.807, 2.05) is 4.90 Å². The molecule has 0 unspecified atom stereocenters. The third kappa shape index (κ3) is 5.97. The summed E-state index contributed by atoms with van der Waals surface area (Å²) in [5.74, 6) is 1.20. The van der Waals surface area contributed by atoms with E-state index in [0.29, 0.717) is 54.8 Å². The monoisotopic (exact) mass is 445 g/mol. The molecular weight excluding hydrogens is 418 g/mol. The number of nitrogens with one attached hydrogen (secondary N) is 2. The second kappa shape index (κ2) is 10.6. The van der Waals surface area contributed by atoms with Crippen molar-refractivity contribution >= 4 is 23.5 Å². The molecule has 3 rings (SSSR count). The van der Waals surface area contributed by atoms with Crippen LogP contribution in [0.4, 0.5) is 5.82 Å². The van der Waals surface area contributed by atoms with Crippen LogP contribution in [0.5, 0.6) is 11.5 Å². The van der Waals surface area contributed by atoms with Gasteiger partial charge in [0, 0.05) is 37.8 Å². The molecule has 2 heterocycles. The van der Waals surface area contributed by atoms with Crippen LogP contribution in [0.3, 0.4) is 0 Å². The molecule has 1 aliphatic heterocycles. The molecule has 1 aliphatic rings. The number of aryl methyl sites for hydroxylation is 1. The predicted molar refractivity (Wildman–Crippen MR) is 115 cm³/mol. The average Bonchev–Trinajstić information content (AvgIpc) is 3.21. The molecule has 1 aromatic heterocycles. The summed E-state index contributed by atoms with van der Waals surface area (Å²) < 4.78 is 15.3. The second-order valence-corrected chi connectivity index (χ2v) is 7.28. The second-order valence-electron chi connectivity index (χ2n) is 7.28. The van der Waals surface area contributed by atoms with Crippen molar-refractivity contribution in [2.75, 3.05) is 58.8 Å². The number of nitrogens with zero attached hydrogens (tertiary/aromatic N) is 3. The smallest absolute Gasteiger partial charge is 0.251 e. The number of piperazine rings is 1. The van der Waals surface area contributed by atoms with Gasteiger partial charge < -0.3 is 29.5 Å². The Kier molecular flexibility index (Phi) is 7.66. The summed E-state index contributed by atoms with van der Waals surface area (Å²) in [4.78, 5) is 40.6. The van der Waals surface area contributed by atoms with Crippen molar-refractivity contribution in [2.24, 2.45) is 0 Å². The van der Waals surface area contributed by atoms with Gasteiger partial charge in [-0.05, 0) is 25.1 Å². The molecule has 1 fully saturated rings. The first-order valence-corrected chi connectivity index (χ1v) is 10.1. The average molecular weight is 445 g/mol. The number of amides is 3. The first-order chi connectivity index (χ1) is 15.4. The number of hydrogen-bond donors (Lipinski definition) is 2. The van der Waals surface area contributed by atoms with Gasteiger partial charge in [0.25, 0.3) is 5.91 Å². The standard InChI is InChI=1S/C21H27N5O6/c1-14-10-18(24-32-14)23-19(27)13-25-6-8-26(9-7-25)20(28)12-22-21(29)15-4-5-16(30-2)17(11-15)31-3/h4-5,10-11H,6-9,12-13H2,1-3H3,(H,22,29)(H,23,24,27). The molecule has 0 radical (unpaired) electrons. The van der Waals surface area contributed by atoms with Crippen molar-refractivity contribution in [3.63, 3.8) is 0 Å². The molecule has 2 aromatic rings. The molecule has 32 heavy (non-hydrogen) atoms. The van der Waals surface area contributed by atoms with Crippen molar-refractivity contribution in [3.05, 3.63) is 35.6 Å². The molecule has 2 N–H and O–H groups in total. The van der Waals surface area contributed by atoms with Gasteiger partial charge >= 0.3 is 0 Å². The van der Waals surface area contributed by atoms with E-state index in [4.69, 9.17) is 14.0 Å². The van der Waals surface area contributed by atoms with Crippen LogP contribution in [0.1, 0.15) is 16.1 Å². The molecule has 0 saturated carbocycles.